The van der Waals surface area contributed by atoms with Crippen LogP contribution in [0.3, 0.4) is 0 Å². The van der Waals surface area contributed by atoms with E-state index in [0.717, 1.165) is 37.2 Å². The highest BCUT2D eigenvalue weighted by molar-refractivity contribution is 5.91. The summed E-state index contributed by atoms with van der Waals surface area (Å²) < 4.78 is 1.81. The lowest BCUT2D eigenvalue weighted by atomic mass is 10.3. The van der Waals surface area contributed by atoms with Crippen LogP contribution in [-0.4, -0.2) is 33.7 Å². The zero-order chi connectivity index (χ0) is 13.8. The summed E-state index contributed by atoms with van der Waals surface area (Å²) in [4.78, 5) is 13.8. The Hall–Kier alpha value is -2.36. The molecule has 3 rings (SSSR count). The Morgan fingerprint density at radius 3 is 2.65 bits per heavy atom. The van der Waals surface area contributed by atoms with E-state index in [2.05, 4.69) is 5.10 Å². The van der Waals surface area contributed by atoms with Gasteiger partial charge in [-0.25, -0.2) is 4.68 Å². The molecular weight excluding hydrogens is 250 g/mol. The van der Waals surface area contributed by atoms with E-state index in [1.165, 1.54) is 0 Å². The molecule has 0 spiro atoms. The topological polar surface area (TPSA) is 38.1 Å². The summed E-state index contributed by atoms with van der Waals surface area (Å²) in [6, 6.07) is 9.92. The van der Waals surface area contributed by atoms with Gasteiger partial charge in [0.1, 0.15) is 0 Å². The Morgan fingerprint density at radius 1 is 1.15 bits per heavy atom. The minimum atomic E-state index is 0.0926. The van der Waals surface area contributed by atoms with Gasteiger partial charge in [-0.15, -0.1) is 0 Å². The zero-order valence-corrected chi connectivity index (χ0v) is 11.3. The first-order chi connectivity index (χ1) is 9.83. The van der Waals surface area contributed by atoms with Crippen LogP contribution in [0.5, 0.6) is 0 Å². The molecule has 1 aliphatic rings. The molecule has 2 aromatic rings. The summed E-state index contributed by atoms with van der Waals surface area (Å²) >= 11 is 0. The predicted octanol–water partition coefficient (Wildman–Crippen LogP) is 2.51. The molecule has 0 unspecified atom stereocenters. The first-order valence-corrected chi connectivity index (χ1v) is 6.90. The van der Waals surface area contributed by atoms with Crippen LogP contribution in [-0.2, 0) is 4.79 Å². The van der Waals surface area contributed by atoms with Crippen LogP contribution in [0, 0.1) is 0 Å². The highest BCUT2D eigenvalue weighted by Gasteiger charge is 2.14. The average molecular weight is 267 g/mol. The van der Waals surface area contributed by atoms with Crippen molar-refractivity contribution >= 4 is 12.0 Å². The SMILES string of the molecule is O=C(C=Cc1cnn(-c2ccccc2)c1)N1CCCC1. The second-order valence-electron chi connectivity index (χ2n) is 4.92. The minimum Gasteiger partial charge on any atom is -0.339 e. The molecule has 1 aliphatic heterocycles. The molecule has 0 saturated carbocycles. The lowest BCUT2D eigenvalue weighted by Gasteiger charge is -2.11. The molecule has 4 nitrogen and oxygen atoms in total. The standard InChI is InChI=1S/C16H17N3O/c20-16(18-10-4-5-11-18)9-8-14-12-17-19(13-14)15-6-2-1-3-7-15/h1-3,6-9,12-13H,4-5,10-11H2. The molecule has 0 N–H and O–H groups in total. The van der Waals surface area contributed by atoms with Crippen LogP contribution in [0.1, 0.15) is 18.4 Å². The fourth-order valence-corrected chi connectivity index (χ4v) is 2.36. The van der Waals surface area contributed by atoms with E-state index in [1.54, 1.807) is 17.0 Å². The number of nitrogens with zero attached hydrogens (tertiary/aromatic N) is 3. The Kier molecular flexibility index (Phi) is 3.63. The Morgan fingerprint density at radius 2 is 1.90 bits per heavy atom. The number of likely N-dealkylation sites (tertiary alicyclic amines) is 1. The highest BCUT2D eigenvalue weighted by Crippen LogP contribution is 2.11. The van der Waals surface area contributed by atoms with Gasteiger partial charge < -0.3 is 4.90 Å². The number of aromatic nitrogens is 2. The van der Waals surface area contributed by atoms with Crippen molar-refractivity contribution in [3.63, 3.8) is 0 Å². The fraction of sp³-hybridized carbons (Fsp3) is 0.250. The third-order valence-electron chi connectivity index (χ3n) is 3.46. The van der Waals surface area contributed by atoms with Crippen LogP contribution in [0.25, 0.3) is 11.8 Å². The summed E-state index contributed by atoms with van der Waals surface area (Å²) in [6.07, 6.45) is 9.38. The van der Waals surface area contributed by atoms with E-state index < -0.39 is 0 Å². The maximum atomic E-state index is 11.9. The van der Waals surface area contributed by atoms with E-state index in [4.69, 9.17) is 0 Å². The number of amides is 1. The molecule has 0 aliphatic carbocycles. The lowest BCUT2D eigenvalue weighted by molar-refractivity contribution is -0.124. The first kappa shape index (κ1) is 12.7. The average Bonchev–Trinajstić information content (AvgIpc) is 3.17. The first-order valence-electron chi connectivity index (χ1n) is 6.90. The van der Waals surface area contributed by atoms with Gasteiger partial charge in [-0.1, -0.05) is 18.2 Å². The fourth-order valence-electron chi connectivity index (χ4n) is 2.36. The molecule has 102 valence electrons. The summed E-state index contributed by atoms with van der Waals surface area (Å²) in [5.74, 6) is 0.0926. The molecule has 20 heavy (non-hydrogen) atoms. The third kappa shape index (κ3) is 2.79. The Bertz CT molecular complexity index is 610. The van der Waals surface area contributed by atoms with Crippen LogP contribution in [0.4, 0.5) is 0 Å². The van der Waals surface area contributed by atoms with Crippen molar-refractivity contribution in [1.29, 1.82) is 0 Å². The van der Waals surface area contributed by atoms with Crippen molar-refractivity contribution in [2.45, 2.75) is 12.8 Å². The number of hydrogen-bond donors (Lipinski definition) is 0. The quantitative estimate of drug-likeness (QED) is 0.801. The summed E-state index contributed by atoms with van der Waals surface area (Å²) in [5.41, 5.74) is 1.94. The maximum Gasteiger partial charge on any atom is 0.246 e. The molecule has 1 fully saturated rings. The van der Waals surface area contributed by atoms with Crippen molar-refractivity contribution in [3.05, 3.63) is 54.4 Å². The Balaban J connectivity index is 1.69. The monoisotopic (exact) mass is 267 g/mol. The molecule has 0 atom stereocenters. The van der Waals surface area contributed by atoms with Crippen molar-refractivity contribution in [2.75, 3.05) is 13.1 Å². The van der Waals surface area contributed by atoms with E-state index in [-0.39, 0.29) is 5.91 Å². The number of benzene rings is 1. The van der Waals surface area contributed by atoms with Crippen LogP contribution in [0.15, 0.2) is 48.8 Å². The molecule has 2 heterocycles. The van der Waals surface area contributed by atoms with Gasteiger partial charge in [-0.05, 0) is 31.1 Å². The molecule has 1 aromatic carbocycles. The second-order valence-corrected chi connectivity index (χ2v) is 4.92. The largest absolute Gasteiger partial charge is 0.339 e. The van der Waals surface area contributed by atoms with Gasteiger partial charge in [0, 0.05) is 30.9 Å². The molecule has 0 radical (unpaired) electrons. The van der Waals surface area contributed by atoms with Crippen molar-refractivity contribution in [1.82, 2.24) is 14.7 Å². The molecule has 1 amide bonds. The van der Waals surface area contributed by atoms with Crippen molar-refractivity contribution < 1.29 is 4.79 Å². The van der Waals surface area contributed by atoms with Gasteiger partial charge in [-0.2, -0.15) is 5.10 Å². The van der Waals surface area contributed by atoms with Crippen molar-refractivity contribution in [3.8, 4) is 5.69 Å². The molecular formula is C16H17N3O. The van der Waals surface area contributed by atoms with Crippen molar-refractivity contribution in [2.24, 2.45) is 0 Å². The van der Waals surface area contributed by atoms with Gasteiger partial charge in [0.15, 0.2) is 0 Å². The third-order valence-corrected chi connectivity index (χ3v) is 3.46. The summed E-state index contributed by atoms with van der Waals surface area (Å²) in [5, 5.41) is 4.30. The smallest absolute Gasteiger partial charge is 0.246 e. The molecule has 1 aromatic heterocycles. The number of hydrogen-bond acceptors (Lipinski definition) is 2. The predicted molar refractivity (Wildman–Crippen MR) is 78.4 cm³/mol. The Labute approximate surface area is 118 Å². The van der Waals surface area contributed by atoms with Gasteiger partial charge in [-0.3, -0.25) is 4.79 Å². The van der Waals surface area contributed by atoms with E-state index >= 15 is 0 Å². The molecule has 1 saturated heterocycles. The minimum absolute atomic E-state index is 0.0926. The lowest BCUT2D eigenvalue weighted by Crippen LogP contribution is -2.25. The number of carbonyl (C=O) groups excluding carboxylic acids is 1. The molecule has 4 heteroatoms. The van der Waals surface area contributed by atoms with E-state index in [9.17, 15) is 4.79 Å². The van der Waals surface area contributed by atoms with Gasteiger partial charge >= 0.3 is 0 Å². The molecule has 0 bridgehead atoms. The number of rotatable bonds is 3. The zero-order valence-electron chi connectivity index (χ0n) is 11.3. The van der Waals surface area contributed by atoms with Crippen LogP contribution in [0.2, 0.25) is 0 Å². The van der Waals surface area contributed by atoms with Gasteiger partial charge in [0.2, 0.25) is 5.91 Å². The highest BCUT2D eigenvalue weighted by atomic mass is 16.2. The normalized spacial score (nSPS) is 15.1. The van der Waals surface area contributed by atoms with E-state index in [0.29, 0.717) is 0 Å². The van der Waals surface area contributed by atoms with Crippen LogP contribution >= 0.6 is 0 Å². The second kappa shape index (κ2) is 5.74. The number of carbonyl (C=O) groups is 1. The van der Waals surface area contributed by atoms with E-state index in [1.807, 2.05) is 47.5 Å². The van der Waals surface area contributed by atoms with Crippen LogP contribution < -0.4 is 0 Å². The van der Waals surface area contributed by atoms with Gasteiger partial charge in [0.25, 0.3) is 0 Å². The van der Waals surface area contributed by atoms with Gasteiger partial charge in [0.05, 0.1) is 11.9 Å². The summed E-state index contributed by atoms with van der Waals surface area (Å²) in [7, 11) is 0. The number of para-hydroxylation sites is 1. The maximum absolute atomic E-state index is 11.9. The summed E-state index contributed by atoms with van der Waals surface area (Å²) in [6.45, 7) is 1.76.